The number of aliphatic carboxylic acids is 9. The maximum atomic E-state index is 17.2. The number of carboxylic acids is 9. The Kier molecular flexibility index (Phi) is 38.5. The molecule has 13 N–H and O–H groups in total. The molecule has 2 rings (SSSR count). The molecular formula is C67H103FN8O25Si. The number of nitrogens with one attached hydrogen (secondary N) is 4. The highest BCUT2D eigenvalue weighted by molar-refractivity contribution is 6.90. The first kappa shape index (κ1) is 89.4. The van der Waals surface area contributed by atoms with E-state index >= 15 is 4.11 Å². The fraction of sp³-hybridized carbons (Fsp3) is 0.672. The number of unbranched alkanes of at least 4 members (excludes halogenated alkanes) is 2. The van der Waals surface area contributed by atoms with Crippen LogP contribution < -0.4 is 26.5 Å². The Morgan fingerprint density at radius 1 is 0.431 bits per heavy atom. The molecule has 0 spiro atoms. The number of hydrogen-bond acceptors (Lipinski definition) is 20. The van der Waals surface area contributed by atoms with Gasteiger partial charge in [-0.05, 0) is 78.8 Å². The number of carboxylic acid groups (broad SMARTS) is 9. The largest absolute Gasteiger partial charge is 0.481 e. The molecule has 572 valence electrons. The summed E-state index contributed by atoms with van der Waals surface area (Å²) in [6.07, 6.45) is -4.80. The average Bonchev–Trinajstić information content (AvgIpc) is 0.748. The highest BCUT2D eigenvalue weighted by atomic mass is 28.4. The van der Waals surface area contributed by atoms with Gasteiger partial charge in [0.25, 0.3) is 14.3 Å². The number of Topliss-reactive ketones (excluding diaryl/α,β-unsaturated/α-hetero) is 3. The Balaban J connectivity index is 2.15. The van der Waals surface area contributed by atoms with E-state index in [0.717, 1.165) is 0 Å². The molecule has 0 aliphatic carbocycles. The Labute approximate surface area is 591 Å². The zero-order valence-electron chi connectivity index (χ0n) is 58.9. The van der Waals surface area contributed by atoms with Gasteiger partial charge in [-0.25, -0.2) is 9.59 Å². The van der Waals surface area contributed by atoms with E-state index in [0.29, 0.717) is 5.19 Å². The standard InChI is InChI=1S/C67H103FN8O25Si/c1-66(2,3)102(68,67(4,5)6)49-20-14-42(15-21-49)59(90)70-38-45(37-47(78)18-22-52(65(100)101)76-33-31-74(40-57(86)87)29-27-73(39-56(84)85)28-30-75(32-34-76)41-58(88)89)60(91)72-51(64(98)99)13-9-10-26-69-53(80)24-19-46(77)11-7-8-12-50(63(96)97)71-54(81)23-16-43(61(92)93)35-48(79)36-44(62(94)95)17-25-55(82)83/h14-15,20-21,43-45,50-52H,7-13,16-19,22-41H2,1-6H3,(H,69,80)(H,70,90)(H,71,81)(H,72,91)(H,82,83)(H,84,85)(H,86,87)(H,88,89)(H,92,93)(H,94,95)(H,96,97)(H,98,99)(H,100,101)/t43-,44-,45-,50+,51-,52+/m1/s1. The van der Waals surface area contributed by atoms with E-state index in [2.05, 4.69) is 21.3 Å². The molecule has 1 aliphatic heterocycles. The number of halogens is 1. The first-order chi connectivity index (χ1) is 47.5. The zero-order chi connectivity index (χ0) is 77.2. The van der Waals surface area contributed by atoms with Crippen molar-refractivity contribution >= 4 is 108 Å². The molecule has 0 aromatic heterocycles. The lowest BCUT2D eigenvalue weighted by Gasteiger charge is -2.44. The van der Waals surface area contributed by atoms with Crippen molar-refractivity contribution in [2.75, 3.05) is 85.1 Å². The minimum Gasteiger partial charge on any atom is -0.481 e. The highest BCUT2D eigenvalue weighted by Gasteiger charge is 2.56. The van der Waals surface area contributed by atoms with Gasteiger partial charge in [-0.2, -0.15) is 0 Å². The first-order valence-electron chi connectivity index (χ1n) is 34.0. The van der Waals surface area contributed by atoms with Gasteiger partial charge in [-0.1, -0.05) is 60.1 Å². The maximum absolute atomic E-state index is 17.2. The van der Waals surface area contributed by atoms with Crippen LogP contribution in [0.15, 0.2) is 24.3 Å². The van der Waals surface area contributed by atoms with Crippen molar-refractivity contribution in [2.45, 2.75) is 185 Å². The fourth-order valence-corrected chi connectivity index (χ4v) is 16.8. The van der Waals surface area contributed by atoms with Crippen molar-refractivity contribution in [3.8, 4) is 0 Å². The molecule has 1 heterocycles. The molecule has 0 radical (unpaired) electrons. The SMILES string of the molecule is CC(C)(C)[Si](F)(c1ccc(C(=O)NC[C@@H](CC(=O)CC[C@@H](C(=O)O)N2CCN(CC(=O)O)CCN(CC(=O)O)CCN(CC(=O)O)CC2)C(=O)N[C@H](CCCCNC(=O)CCC(=O)CCCC[C@H](NC(=O)CC[C@H](CC(=O)C[C@@H](CCC(=O)O)C(=O)O)C(=O)O)C(=O)O)C(=O)O)cc1)C(C)(C)C. The number of ketones is 3. The minimum atomic E-state index is -3.76. The Hall–Kier alpha value is -8.67. The lowest BCUT2D eigenvalue weighted by Crippen LogP contribution is -2.57. The molecule has 35 heteroatoms. The van der Waals surface area contributed by atoms with Crippen molar-refractivity contribution in [2.24, 2.45) is 17.8 Å². The second-order valence-electron chi connectivity index (χ2n) is 27.8. The number of nitrogens with zero attached hydrogens (tertiary/aromatic N) is 4. The molecule has 1 saturated heterocycles. The topological polar surface area (TPSA) is 516 Å². The molecule has 0 unspecified atom stereocenters. The lowest BCUT2D eigenvalue weighted by atomic mass is 9.90. The van der Waals surface area contributed by atoms with Crippen LogP contribution in [0.5, 0.6) is 0 Å². The third-order valence-corrected chi connectivity index (χ3v) is 23.0. The Morgan fingerprint density at radius 3 is 1.32 bits per heavy atom. The summed E-state index contributed by atoms with van der Waals surface area (Å²) in [5.41, 5.74) is 0.0713. The molecule has 1 aliphatic rings. The number of amides is 4. The molecule has 1 aromatic carbocycles. The average molecular weight is 1470 g/mol. The summed E-state index contributed by atoms with van der Waals surface area (Å²) < 4.78 is 17.2. The number of benzene rings is 1. The molecule has 0 saturated carbocycles. The van der Waals surface area contributed by atoms with E-state index in [1.807, 2.05) is 41.5 Å². The Bertz CT molecular complexity index is 3040. The molecule has 102 heavy (non-hydrogen) atoms. The maximum Gasteiger partial charge on any atom is 0.326 e. The van der Waals surface area contributed by atoms with Crippen LogP contribution in [-0.4, -0.2) is 272 Å². The van der Waals surface area contributed by atoms with Gasteiger partial charge >= 0.3 is 53.7 Å². The van der Waals surface area contributed by atoms with Crippen LogP contribution >= 0.6 is 0 Å². The second-order valence-corrected chi connectivity index (χ2v) is 32.7. The van der Waals surface area contributed by atoms with E-state index < -0.39 is 214 Å². The molecule has 33 nitrogen and oxygen atoms in total. The summed E-state index contributed by atoms with van der Waals surface area (Å²) in [7, 11) is -3.76. The third kappa shape index (κ3) is 33.4. The van der Waals surface area contributed by atoms with Gasteiger partial charge in [-0.3, -0.25) is 86.7 Å². The van der Waals surface area contributed by atoms with E-state index in [1.54, 1.807) is 0 Å². The van der Waals surface area contributed by atoms with Crippen molar-refractivity contribution in [1.82, 2.24) is 40.9 Å². The monoisotopic (exact) mass is 1470 g/mol. The zero-order valence-corrected chi connectivity index (χ0v) is 59.9. The van der Waals surface area contributed by atoms with Gasteiger partial charge < -0.3 is 71.3 Å². The smallest absolute Gasteiger partial charge is 0.326 e. The van der Waals surface area contributed by atoms with E-state index in [9.17, 15) is 118 Å². The summed E-state index contributed by atoms with van der Waals surface area (Å²) in [6.45, 7) is 8.94. The van der Waals surface area contributed by atoms with Crippen LogP contribution in [0.4, 0.5) is 4.11 Å². The number of rotatable bonds is 47. The molecule has 6 atom stereocenters. The summed E-state index contributed by atoms with van der Waals surface area (Å²) in [5, 5.41) is 96.1. The van der Waals surface area contributed by atoms with Gasteiger partial charge in [0.2, 0.25) is 17.7 Å². The summed E-state index contributed by atoms with van der Waals surface area (Å²) >= 11 is 0. The summed E-state index contributed by atoms with van der Waals surface area (Å²) in [6, 6.07) is 1.51. The van der Waals surface area contributed by atoms with Crippen molar-refractivity contribution < 1.29 is 127 Å². The van der Waals surface area contributed by atoms with Gasteiger partial charge in [-0.15, -0.1) is 0 Å². The highest BCUT2D eigenvalue weighted by Crippen LogP contribution is 2.51. The van der Waals surface area contributed by atoms with Gasteiger partial charge in [0.15, 0.2) is 0 Å². The predicted molar refractivity (Wildman–Crippen MR) is 364 cm³/mol. The van der Waals surface area contributed by atoms with Gasteiger partial charge in [0.1, 0.15) is 35.5 Å². The second kappa shape index (κ2) is 44.0. The van der Waals surface area contributed by atoms with E-state index in [-0.39, 0.29) is 141 Å². The summed E-state index contributed by atoms with van der Waals surface area (Å²) in [4.78, 5) is 206. The minimum absolute atomic E-state index is 0.0163. The number of carbonyl (C=O) groups is 16. The van der Waals surface area contributed by atoms with Crippen LogP contribution in [0.3, 0.4) is 0 Å². The normalized spacial score (nSPS) is 15.8. The van der Waals surface area contributed by atoms with Crippen molar-refractivity contribution in [3.63, 3.8) is 0 Å². The lowest BCUT2D eigenvalue weighted by molar-refractivity contribution is -0.147. The van der Waals surface area contributed by atoms with Crippen molar-refractivity contribution in [3.05, 3.63) is 29.8 Å². The quantitative estimate of drug-likeness (QED) is 0.0253. The third-order valence-electron chi connectivity index (χ3n) is 17.7. The van der Waals surface area contributed by atoms with Crippen LogP contribution in [-0.2, 0) is 71.9 Å². The molecule has 1 aromatic rings. The molecule has 0 bridgehead atoms. The van der Waals surface area contributed by atoms with Gasteiger partial charge in [0.05, 0.1) is 37.4 Å². The number of hydrogen-bond donors (Lipinski definition) is 13. The summed E-state index contributed by atoms with van der Waals surface area (Å²) in [5.74, 6) is -21.2. The van der Waals surface area contributed by atoms with Crippen LogP contribution in [0, 0.1) is 17.8 Å². The molecule has 4 amide bonds. The van der Waals surface area contributed by atoms with E-state index in [1.165, 1.54) is 43.9 Å². The predicted octanol–water partition coefficient (Wildman–Crippen LogP) is 2.15. The van der Waals surface area contributed by atoms with Crippen LogP contribution in [0.1, 0.15) is 167 Å². The van der Waals surface area contributed by atoms with Crippen molar-refractivity contribution in [1.29, 1.82) is 0 Å². The first-order valence-corrected chi connectivity index (χ1v) is 35.8. The van der Waals surface area contributed by atoms with Crippen LogP contribution in [0.25, 0.3) is 0 Å². The van der Waals surface area contributed by atoms with Crippen LogP contribution in [0.2, 0.25) is 10.1 Å². The molecular weight excluding hydrogens is 1360 g/mol. The number of carbonyl (C=O) groups excluding carboxylic acids is 7. The fourth-order valence-electron chi connectivity index (χ4n) is 12.2. The van der Waals surface area contributed by atoms with Gasteiger partial charge in [0, 0.05) is 129 Å². The van der Waals surface area contributed by atoms with E-state index in [4.69, 9.17) is 5.11 Å². The molecule has 1 fully saturated rings. The Morgan fingerprint density at radius 2 is 0.882 bits per heavy atom.